The van der Waals surface area contributed by atoms with Crippen LogP contribution in [-0.2, 0) is 4.74 Å². The minimum absolute atomic E-state index is 0.0546. The van der Waals surface area contributed by atoms with Gasteiger partial charge in [0.25, 0.3) is 5.56 Å². The molecule has 2 rings (SSSR count). The van der Waals surface area contributed by atoms with E-state index in [1.54, 1.807) is 20.8 Å². The molecule has 1 aromatic carbocycles. The van der Waals surface area contributed by atoms with Crippen LogP contribution in [0.25, 0.3) is 10.8 Å². The van der Waals surface area contributed by atoms with Crippen LogP contribution in [0.2, 0.25) is 0 Å². The van der Waals surface area contributed by atoms with Crippen molar-refractivity contribution in [1.82, 2.24) is 4.68 Å². The molecule has 0 aliphatic carbocycles. The lowest BCUT2D eigenvalue weighted by Gasteiger charge is -2.22. The van der Waals surface area contributed by atoms with E-state index in [-0.39, 0.29) is 22.0 Å². The second-order valence-corrected chi connectivity index (χ2v) is 6.29. The van der Waals surface area contributed by atoms with Gasteiger partial charge in [0.05, 0.1) is 5.39 Å². The van der Waals surface area contributed by atoms with Crippen LogP contribution in [0.1, 0.15) is 38.3 Å². The fraction of sp³-hybridized carbons (Fsp3) is 0.375. The summed E-state index contributed by atoms with van der Waals surface area (Å²) in [4.78, 5) is 24.5. The molecule has 2 aromatic rings. The number of ether oxygens (including phenoxy) is 1. The van der Waals surface area contributed by atoms with E-state index < -0.39 is 29.4 Å². The van der Waals surface area contributed by atoms with E-state index in [1.807, 2.05) is 0 Å². The monoisotopic (exact) mass is 338 g/mol. The summed E-state index contributed by atoms with van der Waals surface area (Å²) in [6.07, 6.45) is -2.89. The van der Waals surface area contributed by atoms with Crippen LogP contribution in [-0.4, -0.2) is 26.6 Å². The lowest BCUT2D eigenvalue weighted by Crippen LogP contribution is -2.39. The van der Waals surface area contributed by atoms with Crippen LogP contribution in [0, 0.1) is 12.7 Å². The smallest absolute Gasteiger partial charge is 0.427 e. The molecule has 1 aromatic heterocycles. The lowest BCUT2D eigenvalue weighted by molar-refractivity contribution is -0.0422. The second-order valence-electron chi connectivity index (χ2n) is 6.29. The Kier molecular flexibility index (Phi) is 4.63. The predicted octanol–water partition coefficient (Wildman–Crippen LogP) is 1.91. The number of amides is 1. The molecule has 0 saturated carbocycles. The fourth-order valence-corrected chi connectivity index (χ4v) is 2.40. The highest BCUT2D eigenvalue weighted by atomic mass is 19.1. The summed E-state index contributed by atoms with van der Waals surface area (Å²) in [6, 6.07) is 3.83. The van der Waals surface area contributed by atoms with Crippen molar-refractivity contribution >= 4 is 16.9 Å². The molecule has 130 valence electrons. The number of pyridine rings is 1. The number of fused-ring (bicyclic) bond motifs is 1. The van der Waals surface area contributed by atoms with E-state index in [4.69, 9.17) is 4.74 Å². The van der Waals surface area contributed by atoms with Crippen molar-refractivity contribution < 1.29 is 24.1 Å². The van der Waals surface area contributed by atoms with E-state index in [0.717, 1.165) is 10.7 Å². The maximum atomic E-state index is 14.1. The molecule has 0 unspecified atom stereocenters. The Morgan fingerprint density at radius 3 is 2.50 bits per heavy atom. The van der Waals surface area contributed by atoms with Crippen LogP contribution in [0.5, 0.6) is 0 Å². The molecule has 7 nitrogen and oxygen atoms in total. The van der Waals surface area contributed by atoms with E-state index in [0.29, 0.717) is 0 Å². The van der Waals surface area contributed by atoms with Gasteiger partial charge in [-0.25, -0.2) is 19.3 Å². The Morgan fingerprint density at radius 1 is 1.33 bits per heavy atom. The highest BCUT2D eigenvalue weighted by Gasteiger charge is 2.23. The Morgan fingerprint density at radius 2 is 1.96 bits per heavy atom. The van der Waals surface area contributed by atoms with Crippen molar-refractivity contribution in [1.29, 1.82) is 0 Å². The van der Waals surface area contributed by atoms with Crippen molar-refractivity contribution in [2.24, 2.45) is 0 Å². The van der Waals surface area contributed by atoms with E-state index >= 15 is 0 Å². The van der Waals surface area contributed by atoms with E-state index in [9.17, 15) is 24.2 Å². The zero-order valence-electron chi connectivity index (χ0n) is 13.8. The van der Waals surface area contributed by atoms with Gasteiger partial charge >= 0.3 is 6.09 Å². The normalized spacial score (nSPS) is 11.8. The number of aliphatic hydroxyl groups excluding tert-OH is 1. The number of nitrogens with one attached hydrogen (secondary N) is 1. The number of aliphatic hydroxyl groups is 2. The van der Waals surface area contributed by atoms with Gasteiger partial charge in [0.2, 0.25) is 0 Å². The standard InChI is InChI=1S/C16H19FN2O5/c1-8-11(14(21)22)9-6-5-7-10(17)12(9)13(20)19(8)18-15(23)24-16(2,3)4/h5-7,14,21-22H,1-4H3,(H,18,23). The largest absolute Gasteiger partial charge is 0.443 e. The van der Waals surface area contributed by atoms with Gasteiger partial charge in [-0.05, 0) is 33.8 Å². The first-order chi connectivity index (χ1) is 11.0. The van der Waals surface area contributed by atoms with Crippen molar-refractivity contribution in [3.63, 3.8) is 0 Å². The zero-order valence-corrected chi connectivity index (χ0v) is 13.8. The number of halogens is 1. The number of hydrogen-bond acceptors (Lipinski definition) is 5. The third-order valence-corrected chi connectivity index (χ3v) is 3.31. The lowest BCUT2D eigenvalue weighted by atomic mass is 10.0. The summed E-state index contributed by atoms with van der Waals surface area (Å²) in [5.74, 6) is -0.834. The van der Waals surface area contributed by atoms with Gasteiger partial charge in [0, 0.05) is 16.6 Å². The predicted molar refractivity (Wildman–Crippen MR) is 85.7 cm³/mol. The van der Waals surface area contributed by atoms with Crippen LogP contribution < -0.4 is 11.0 Å². The van der Waals surface area contributed by atoms with Gasteiger partial charge < -0.3 is 14.9 Å². The number of hydrogen-bond donors (Lipinski definition) is 3. The first kappa shape index (κ1) is 17.9. The first-order valence-electron chi connectivity index (χ1n) is 7.23. The Balaban J connectivity index is 2.69. The SMILES string of the molecule is Cc1c(C(O)O)c2cccc(F)c2c(=O)n1NC(=O)OC(C)(C)C. The molecule has 0 fully saturated rings. The highest BCUT2D eigenvalue weighted by Crippen LogP contribution is 2.25. The first-order valence-corrected chi connectivity index (χ1v) is 7.23. The van der Waals surface area contributed by atoms with Gasteiger partial charge in [-0.1, -0.05) is 12.1 Å². The van der Waals surface area contributed by atoms with Gasteiger partial charge in [-0.15, -0.1) is 0 Å². The molecular weight excluding hydrogens is 319 g/mol. The summed E-state index contributed by atoms with van der Waals surface area (Å²) >= 11 is 0. The number of benzene rings is 1. The van der Waals surface area contributed by atoms with E-state index in [2.05, 4.69) is 5.43 Å². The van der Waals surface area contributed by atoms with Gasteiger partial charge in [0.1, 0.15) is 11.4 Å². The molecule has 0 spiro atoms. The number of carbonyl (C=O) groups excluding carboxylic acids is 1. The molecule has 24 heavy (non-hydrogen) atoms. The molecule has 0 radical (unpaired) electrons. The summed E-state index contributed by atoms with van der Waals surface area (Å²) in [7, 11) is 0. The highest BCUT2D eigenvalue weighted by molar-refractivity contribution is 5.87. The molecular formula is C16H19FN2O5. The molecule has 1 heterocycles. The second kappa shape index (κ2) is 6.21. The number of aromatic nitrogens is 1. The van der Waals surface area contributed by atoms with Crippen molar-refractivity contribution in [3.05, 3.63) is 45.6 Å². The summed E-state index contributed by atoms with van der Waals surface area (Å²) in [6.45, 7) is 6.33. The Hall–Kier alpha value is -2.45. The zero-order chi connectivity index (χ0) is 18.2. The molecule has 8 heteroatoms. The van der Waals surface area contributed by atoms with Crippen LogP contribution in [0.15, 0.2) is 23.0 Å². The molecule has 3 N–H and O–H groups in total. The molecule has 0 aliphatic heterocycles. The summed E-state index contributed by atoms with van der Waals surface area (Å²) in [5, 5.41) is 18.9. The van der Waals surface area contributed by atoms with Gasteiger partial charge in [0.15, 0.2) is 6.29 Å². The molecule has 0 atom stereocenters. The van der Waals surface area contributed by atoms with Crippen molar-refractivity contribution in [2.45, 2.75) is 39.6 Å². The minimum atomic E-state index is -1.96. The maximum Gasteiger partial charge on any atom is 0.427 e. The third-order valence-electron chi connectivity index (χ3n) is 3.31. The number of nitrogens with zero attached hydrogens (tertiary/aromatic N) is 1. The van der Waals surface area contributed by atoms with Crippen LogP contribution in [0.3, 0.4) is 0 Å². The number of rotatable bonds is 2. The Bertz CT molecular complexity index is 852. The molecule has 1 amide bonds. The quantitative estimate of drug-likeness (QED) is 0.726. The number of carbonyl (C=O) groups is 1. The maximum absolute atomic E-state index is 14.1. The fourth-order valence-electron chi connectivity index (χ4n) is 2.40. The molecule has 0 aliphatic rings. The van der Waals surface area contributed by atoms with Crippen LogP contribution in [0.4, 0.5) is 9.18 Å². The van der Waals surface area contributed by atoms with E-state index in [1.165, 1.54) is 19.1 Å². The average molecular weight is 338 g/mol. The summed E-state index contributed by atoms with van der Waals surface area (Å²) in [5.41, 5.74) is 0.535. The Labute approximate surface area is 137 Å². The average Bonchev–Trinajstić information content (AvgIpc) is 2.41. The molecule has 0 bridgehead atoms. The van der Waals surface area contributed by atoms with Gasteiger partial charge in [-0.2, -0.15) is 0 Å². The topological polar surface area (TPSA) is 101 Å². The molecule has 0 saturated heterocycles. The van der Waals surface area contributed by atoms with Crippen molar-refractivity contribution in [3.8, 4) is 0 Å². The summed E-state index contributed by atoms with van der Waals surface area (Å²) < 4.78 is 19.9. The third kappa shape index (κ3) is 3.39. The van der Waals surface area contributed by atoms with Crippen molar-refractivity contribution in [2.75, 3.05) is 5.43 Å². The van der Waals surface area contributed by atoms with Crippen LogP contribution >= 0.6 is 0 Å². The van der Waals surface area contributed by atoms with Gasteiger partial charge in [-0.3, -0.25) is 4.79 Å². The minimum Gasteiger partial charge on any atom is -0.443 e.